The van der Waals surface area contributed by atoms with Gasteiger partial charge in [-0.1, -0.05) is 6.92 Å². The molecule has 0 atom stereocenters. The average molecular weight is 203 g/mol. The van der Waals surface area contributed by atoms with E-state index in [1.807, 2.05) is 6.92 Å². The molecule has 0 aromatic rings. The second-order valence-electron chi connectivity index (χ2n) is 2.08. The molecule has 0 radical (unpaired) electrons. The van der Waals surface area contributed by atoms with Crippen molar-refractivity contribution in [2.75, 3.05) is 12.0 Å². The average Bonchev–Trinajstić information content (AvgIpc) is 2.28. The van der Waals surface area contributed by atoms with E-state index in [0.717, 1.165) is 5.75 Å². The lowest BCUT2D eigenvalue weighted by molar-refractivity contribution is -0.123. The molecule has 1 aliphatic heterocycles. The zero-order chi connectivity index (χ0) is 9.14. The van der Waals surface area contributed by atoms with Crippen molar-refractivity contribution < 1.29 is 9.59 Å². The molecule has 1 heterocycles. The highest BCUT2D eigenvalue weighted by Crippen LogP contribution is 2.30. The van der Waals surface area contributed by atoms with E-state index in [-0.39, 0.29) is 11.8 Å². The second kappa shape index (κ2) is 4.00. The fraction of sp³-hybridized carbons (Fsp3) is 0.429. The Bertz CT molecular complexity index is 260. The van der Waals surface area contributed by atoms with E-state index in [1.54, 1.807) is 6.26 Å². The number of nitrogens with one attached hydrogen (secondary N) is 1. The van der Waals surface area contributed by atoms with Crippen molar-refractivity contribution in [3.05, 3.63) is 9.81 Å². The lowest BCUT2D eigenvalue weighted by atomic mass is 10.5. The molecule has 2 amide bonds. The van der Waals surface area contributed by atoms with E-state index in [9.17, 15) is 9.59 Å². The SMILES string of the molecule is CCSC1=C(SC)C(=O)NC1=O. The predicted molar refractivity (Wildman–Crippen MR) is 51.8 cm³/mol. The Morgan fingerprint density at radius 2 is 1.83 bits per heavy atom. The normalized spacial score (nSPS) is 17.2. The van der Waals surface area contributed by atoms with Crippen LogP contribution in [-0.2, 0) is 9.59 Å². The smallest absolute Gasteiger partial charge is 0.265 e. The first-order valence-electron chi connectivity index (χ1n) is 3.47. The summed E-state index contributed by atoms with van der Waals surface area (Å²) < 4.78 is 0. The van der Waals surface area contributed by atoms with Crippen LogP contribution < -0.4 is 5.32 Å². The first-order valence-corrected chi connectivity index (χ1v) is 5.68. The molecule has 0 aliphatic carbocycles. The Balaban J connectivity index is 2.92. The molecule has 0 bridgehead atoms. The molecule has 0 unspecified atom stereocenters. The van der Waals surface area contributed by atoms with Gasteiger partial charge in [0.15, 0.2) is 0 Å². The van der Waals surface area contributed by atoms with Gasteiger partial charge >= 0.3 is 0 Å². The van der Waals surface area contributed by atoms with Crippen molar-refractivity contribution in [2.24, 2.45) is 0 Å². The molecule has 66 valence electrons. The van der Waals surface area contributed by atoms with Crippen LogP contribution in [0.2, 0.25) is 0 Å². The monoisotopic (exact) mass is 203 g/mol. The number of rotatable bonds is 3. The van der Waals surface area contributed by atoms with Gasteiger partial charge in [0, 0.05) is 0 Å². The highest BCUT2D eigenvalue weighted by Gasteiger charge is 2.29. The highest BCUT2D eigenvalue weighted by atomic mass is 32.2. The zero-order valence-electron chi connectivity index (χ0n) is 6.84. The van der Waals surface area contributed by atoms with Gasteiger partial charge in [-0.3, -0.25) is 14.9 Å². The van der Waals surface area contributed by atoms with Crippen molar-refractivity contribution >= 4 is 35.3 Å². The highest BCUT2D eigenvalue weighted by molar-refractivity contribution is 8.07. The minimum Gasteiger partial charge on any atom is -0.287 e. The van der Waals surface area contributed by atoms with Crippen LogP contribution >= 0.6 is 23.5 Å². The van der Waals surface area contributed by atoms with E-state index < -0.39 is 0 Å². The van der Waals surface area contributed by atoms with Gasteiger partial charge in [-0.2, -0.15) is 0 Å². The lowest BCUT2D eigenvalue weighted by Gasteiger charge is -1.96. The van der Waals surface area contributed by atoms with Gasteiger partial charge in [0.25, 0.3) is 11.8 Å². The number of hydrogen-bond donors (Lipinski definition) is 1. The summed E-state index contributed by atoms with van der Waals surface area (Å²) in [4.78, 5) is 23.3. The van der Waals surface area contributed by atoms with Crippen LogP contribution in [0.1, 0.15) is 6.92 Å². The van der Waals surface area contributed by atoms with Crippen LogP contribution in [-0.4, -0.2) is 23.8 Å². The van der Waals surface area contributed by atoms with Crippen LogP contribution in [0.5, 0.6) is 0 Å². The predicted octanol–water partition coefficient (Wildman–Crippen LogP) is 0.970. The Kier molecular flexibility index (Phi) is 3.22. The number of thioether (sulfide) groups is 2. The summed E-state index contributed by atoms with van der Waals surface area (Å²) in [5.74, 6) is 0.291. The number of carbonyl (C=O) groups excluding carboxylic acids is 2. The fourth-order valence-corrected chi connectivity index (χ4v) is 2.52. The van der Waals surface area contributed by atoms with E-state index in [1.165, 1.54) is 23.5 Å². The topological polar surface area (TPSA) is 46.2 Å². The molecule has 0 aromatic carbocycles. The van der Waals surface area contributed by atoms with Crippen LogP contribution in [0.25, 0.3) is 0 Å². The summed E-state index contributed by atoms with van der Waals surface area (Å²) in [5.41, 5.74) is 0. The minimum atomic E-state index is -0.261. The summed E-state index contributed by atoms with van der Waals surface area (Å²) in [5, 5.41) is 2.26. The van der Waals surface area contributed by atoms with Gasteiger partial charge in [-0.05, 0) is 12.0 Å². The van der Waals surface area contributed by atoms with Gasteiger partial charge in [-0.15, -0.1) is 23.5 Å². The Morgan fingerprint density at radius 1 is 1.25 bits per heavy atom. The minimum absolute atomic E-state index is 0.254. The summed E-state index contributed by atoms with van der Waals surface area (Å²) in [6.45, 7) is 1.95. The van der Waals surface area contributed by atoms with Crippen LogP contribution in [0.15, 0.2) is 9.81 Å². The maximum Gasteiger partial charge on any atom is 0.265 e. The first kappa shape index (κ1) is 9.67. The first-order chi connectivity index (χ1) is 5.70. The second-order valence-corrected chi connectivity index (χ2v) is 4.17. The molecule has 0 aromatic heterocycles. The Morgan fingerprint density at radius 3 is 2.33 bits per heavy atom. The third-order valence-electron chi connectivity index (χ3n) is 1.34. The molecule has 0 saturated heterocycles. The van der Waals surface area contributed by atoms with Crippen molar-refractivity contribution in [1.29, 1.82) is 0 Å². The van der Waals surface area contributed by atoms with Gasteiger partial charge < -0.3 is 0 Å². The number of hydrogen-bond acceptors (Lipinski definition) is 4. The van der Waals surface area contributed by atoms with Crippen molar-refractivity contribution in [3.63, 3.8) is 0 Å². The summed E-state index contributed by atoms with van der Waals surface area (Å²) in [6, 6.07) is 0. The van der Waals surface area contributed by atoms with Gasteiger partial charge in [-0.25, -0.2) is 0 Å². The summed E-state index contributed by atoms with van der Waals surface area (Å²) >= 11 is 2.73. The van der Waals surface area contributed by atoms with E-state index in [4.69, 9.17) is 0 Å². The Labute approximate surface area is 79.4 Å². The fourth-order valence-electron chi connectivity index (χ4n) is 0.884. The zero-order valence-corrected chi connectivity index (χ0v) is 8.47. The van der Waals surface area contributed by atoms with Crippen molar-refractivity contribution in [3.8, 4) is 0 Å². The van der Waals surface area contributed by atoms with Gasteiger partial charge in [0.05, 0.1) is 9.81 Å². The molecule has 3 nitrogen and oxygen atoms in total. The van der Waals surface area contributed by atoms with Crippen LogP contribution in [0.4, 0.5) is 0 Å². The molecular weight excluding hydrogens is 194 g/mol. The molecule has 1 aliphatic rings. The third-order valence-corrected chi connectivity index (χ3v) is 3.23. The molecule has 1 N–H and O–H groups in total. The number of amides is 2. The van der Waals surface area contributed by atoms with Crippen molar-refractivity contribution in [2.45, 2.75) is 6.92 Å². The van der Waals surface area contributed by atoms with E-state index >= 15 is 0 Å². The third kappa shape index (κ3) is 1.67. The van der Waals surface area contributed by atoms with Crippen LogP contribution in [0.3, 0.4) is 0 Å². The molecule has 5 heteroatoms. The Hall–Kier alpha value is -0.420. The quantitative estimate of drug-likeness (QED) is 0.694. The molecule has 1 rings (SSSR count). The van der Waals surface area contributed by atoms with E-state index in [0.29, 0.717) is 9.81 Å². The van der Waals surface area contributed by atoms with Crippen LogP contribution in [0, 0.1) is 0 Å². The lowest BCUT2D eigenvalue weighted by Crippen LogP contribution is -2.22. The summed E-state index contributed by atoms with van der Waals surface area (Å²) in [7, 11) is 0. The van der Waals surface area contributed by atoms with Gasteiger partial charge in [0.1, 0.15) is 0 Å². The molecule has 0 fully saturated rings. The maximum atomic E-state index is 11.1. The number of imide groups is 1. The number of carbonyl (C=O) groups is 2. The molecule has 0 saturated carbocycles. The largest absolute Gasteiger partial charge is 0.287 e. The molecule has 0 spiro atoms. The van der Waals surface area contributed by atoms with Crippen molar-refractivity contribution in [1.82, 2.24) is 5.32 Å². The standard InChI is InChI=1S/C7H9NO2S2/c1-3-12-5-4(11-2)6(9)8-7(5)10/h3H2,1-2H3,(H,8,9,10). The molecular formula is C7H9NO2S2. The maximum absolute atomic E-state index is 11.1. The molecule has 12 heavy (non-hydrogen) atoms. The summed E-state index contributed by atoms with van der Waals surface area (Å²) in [6.07, 6.45) is 1.80. The van der Waals surface area contributed by atoms with Gasteiger partial charge in [0.2, 0.25) is 0 Å². The van der Waals surface area contributed by atoms with E-state index in [2.05, 4.69) is 5.32 Å².